The van der Waals surface area contributed by atoms with Gasteiger partial charge in [0.1, 0.15) is 0 Å². The number of carboxylic acids is 4. The van der Waals surface area contributed by atoms with E-state index in [2.05, 4.69) is 0 Å². The maximum Gasteiger partial charge on any atom is 4.00 e. The quantitative estimate of drug-likeness (QED) is 0.493. The van der Waals surface area contributed by atoms with Gasteiger partial charge in [-0.3, -0.25) is 0 Å². The number of hydrogen-bond acceptors (Lipinski definition) is 8. The van der Waals surface area contributed by atoms with Gasteiger partial charge in [0.2, 0.25) is 0 Å². The minimum atomic E-state index is -0.975. The molecule has 0 aromatic rings. The van der Waals surface area contributed by atoms with E-state index < -0.39 is 23.9 Å². The van der Waals surface area contributed by atoms with Crippen LogP contribution in [0.4, 0.5) is 0 Å². The van der Waals surface area contributed by atoms with E-state index in [9.17, 15) is 39.6 Å². The fraction of sp³-hybridized carbons (Fsp3) is 0.833. The summed E-state index contributed by atoms with van der Waals surface area (Å²) in [6.07, 6.45) is 0.528. The number of rotatable bonds is 4. The van der Waals surface area contributed by atoms with Crippen LogP contribution in [-0.4, -0.2) is 23.9 Å². The smallest absolute Gasteiger partial charge is 0.550 e. The summed E-state index contributed by atoms with van der Waals surface area (Å²) in [5, 5.41) is 39.6. The van der Waals surface area contributed by atoms with Crippen LogP contribution in [0.5, 0.6) is 0 Å². The fourth-order valence-corrected chi connectivity index (χ4v) is 1.73. The first-order chi connectivity index (χ1) is 13.7. The summed E-state index contributed by atoms with van der Waals surface area (Å²) in [4.78, 5) is 39.6. The average molecular weight is 552 g/mol. The fourth-order valence-electron chi connectivity index (χ4n) is 1.73. The van der Waals surface area contributed by atoms with Crippen LogP contribution in [0.3, 0.4) is 0 Å². The molecule has 0 aliphatic rings. The summed E-state index contributed by atoms with van der Waals surface area (Å²) in [6.45, 7) is 22.4. The zero-order valence-electron chi connectivity index (χ0n) is 22.6. The molecule has 0 aliphatic carbocycles. The standard InChI is InChI=1S/4C6H12O2.Zr/c4*1-6(2,3)4-5(7)8;/h4*4H2,1-3H3,(H,7,8);/q;;;;+4/p-4. The Morgan fingerprint density at radius 3 is 0.485 bits per heavy atom. The topological polar surface area (TPSA) is 161 Å². The molecule has 0 spiro atoms. The molecule has 0 amide bonds. The second kappa shape index (κ2) is 18.1. The SMILES string of the molecule is CC(C)(C)CC(=O)[O-].CC(C)(C)CC(=O)[O-].CC(C)(C)CC(=O)[O-].CC(C)(C)CC(=O)[O-].[Zr+4]. The van der Waals surface area contributed by atoms with Crippen molar-refractivity contribution in [2.75, 3.05) is 0 Å². The molecule has 0 unspecified atom stereocenters. The molecule has 0 radical (unpaired) electrons. The largest absolute Gasteiger partial charge is 4.00 e. The van der Waals surface area contributed by atoms with Crippen LogP contribution < -0.4 is 20.4 Å². The molecule has 192 valence electrons. The van der Waals surface area contributed by atoms with E-state index >= 15 is 0 Å². The molecule has 8 nitrogen and oxygen atoms in total. The minimum absolute atomic E-state index is 0. The van der Waals surface area contributed by atoms with Gasteiger partial charge < -0.3 is 39.6 Å². The molecule has 0 saturated heterocycles. The minimum Gasteiger partial charge on any atom is -0.550 e. The van der Waals surface area contributed by atoms with Gasteiger partial charge in [-0.15, -0.1) is 0 Å². The summed E-state index contributed by atoms with van der Waals surface area (Å²) in [6, 6.07) is 0. The van der Waals surface area contributed by atoms with Crippen LogP contribution in [0.25, 0.3) is 0 Å². The number of carbonyl (C=O) groups is 4. The molecule has 0 rings (SSSR count). The van der Waals surface area contributed by atoms with Crippen molar-refractivity contribution in [2.45, 2.75) is 109 Å². The van der Waals surface area contributed by atoms with Gasteiger partial charge in [0.05, 0.1) is 0 Å². The Balaban J connectivity index is -0.000000105. The second-order valence-electron chi connectivity index (χ2n) is 12.4. The summed E-state index contributed by atoms with van der Waals surface area (Å²) < 4.78 is 0. The van der Waals surface area contributed by atoms with Crippen molar-refractivity contribution in [3.8, 4) is 0 Å². The Morgan fingerprint density at radius 2 is 0.485 bits per heavy atom. The molecular formula is C24H44O8Zr. The first-order valence-electron chi connectivity index (χ1n) is 10.5. The molecule has 9 heteroatoms. The van der Waals surface area contributed by atoms with E-state index in [-0.39, 0.29) is 73.5 Å². The summed E-state index contributed by atoms with van der Waals surface area (Å²) in [5.74, 6) is -3.90. The van der Waals surface area contributed by atoms with E-state index in [4.69, 9.17) is 0 Å². The van der Waals surface area contributed by atoms with Gasteiger partial charge >= 0.3 is 26.2 Å². The van der Waals surface area contributed by atoms with E-state index in [0.717, 1.165) is 0 Å². The van der Waals surface area contributed by atoms with Crippen LogP contribution in [0.2, 0.25) is 0 Å². The third kappa shape index (κ3) is 72.3. The number of carbonyl (C=O) groups excluding carboxylic acids is 4. The van der Waals surface area contributed by atoms with Crippen LogP contribution in [0.15, 0.2) is 0 Å². The third-order valence-electron chi connectivity index (χ3n) is 2.70. The maximum atomic E-state index is 9.90. The molecule has 0 aromatic carbocycles. The van der Waals surface area contributed by atoms with Crippen molar-refractivity contribution in [1.29, 1.82) is 0 Å². The van der Waals surface area contributed by atoms with E-state index in [0.29, 0.717) is 0 Å². The van der Waals surface area contributed by atoms with Crippen molar-refractivity contribution < 1.29 is 65.8 Å². The molecule has 0 fully saturated rings. The van der Waals surface area contributed by atoms with Gasteiger partial charge in [0.25, 0.3) is 0 Å². The normalized spacial score (nSPS) is 11.0. The Kier molecular flexibility index (Phi) is 23.1. The van der Waals surface area contributed by atoms with Crippen molar-refractivity contribution in [3.63, 3.8) is 0 Å². The molecule has 0 bridgehead atoms. The molecule has 0 heterocycles. The van der Waals surface area contributed by atoms with Gasteiger partial charge in [-0.05, 0) is 47.3 Å². The zero-order valence-corrected chi connectivity index (χ0v) is 25.1. The molecular weight excluding hydrogens is 507 g/mol. The molecule has 33 heavy (non-hydrogen) atoms. The van der Waals surface area contributed by atoms with E-state index in [1.807, 2.05) is 83.1 Å². The van der Waals surface area contributed by atoms with E-state index in [1.165, 1.54) is 0 Å². The number of hydrogen-bond donors (Lipinski definition) is 0. The molecule has 0 aromatic heterocycles. The molecule has 0 atom stereocenters. The molecule has 0 aliphatic heterocycles. The first-order valence-corrected chi connectivity index (χ1v) is 10.5. The predicted octanol–water partition coefficient (Wildman–Crippen LogP) is 0.688. The summed E-state index contributed by atoms with van der Waals surface area (Å²) >= 11 is 0. The van der Waals surface area contributed by atoms with Crippen molar-refractivity contribution in [2.24, 2.45) is 21.7 Å². The van der Waals surface area contributed by atoms with Crippen LogP contribution in [-0.2, 0) is 45.4 Å². The van der Waals surface area contributed by atoms with Gasteiger partial charge in [-0.1, -0.05) is 83.1 Å². The Hall–Kier alpha value is -1.24. The van der Waals surface area contributed by atoms with Crippen LogP contribution in [0, 0.1) is 21.7 Å². The van der Waals surface area contributed by atoms with Gasteiger partial charge in [0, 0.05) is 23.9 Å². The monoisotopic (exact) mass is 550 g/mol. The summed E-state index contributed by atoms with van der Waals surface area (Å²) in [7, 11) is 0. The van der Waals surface area contributed by atoms with Crippen LogP contribution >= 0.6 is 0 Å². The third-order valence-corrected chi connectivity index (χ3v) is 2.70. The van der Waals surface area contributed by atoms with Crippen molar-refractivity contribution in [3.05, 3.63) is 0 Å². The molecule has 0 N–H and O–H groups in total. The Labute approximate surface area is 219 Å². The first kappa shape index (κ1) is 42.0. The maximum absolute atomic E-state index is 9.90. The number of aliphatic carboxylic acids is 4. The van der Waals surface area contributed by atoms with Gasteiger partial charge in [0.15, 0.2) is 0 Å². The van der Waals surface area contributed by atoms with Crippen molar-refractivity contribution in [1.82, 2.24) is 0 Å². The Bertz CT molecular complexity index is 467. The summed E-state index contributed by atoms with van der Waals surface area (Å²) in [5.41, 5.74) is -0.560. The van der Waals surface area contributed by atoms with Gasteiger partial charge in [-0.2, -0.15) is 0 Å². The van der Waals surface area contributed by atoms with Crippen LogP contribution in [0.1, 0.15) is 109 Å². The molecule has 0 saturated carbocycles. The predicted molar refractivity (Wildman–Crippen MR) is 116 cm³/mol. The average Bonchev–Trinajstić information content (AvgIpc) is 2.26. The Morgan fingerprint density at radius 1 is 0.394 bits per heavy atom. The second-order valence-corrected chi connectivity index (χ2v) is 12.4. The van der Waals surface area contributed by atoms with Crippen molar-refractivity contribution >= 4 is 23.9 Å². The zero-order chi connectivity index (χ0) is 27.1. The number of carboxylic acid groups (broad SMARTS) is 4. The van der Waals surface area contributed by atoms with Gasteiger partial charge in [-0.25, -0.2) is 0 Å². The van der Waals surface area contributed by atoms with E-state index in [1.54, 1.807) is 0 Å².